The molecule has 0 heterocycles. The van der Waals surface area contributed by atoms with Crippen LogP contribution >= 0.6 is 0 Å². The lowest BCUT2D eigenvalue weighted by Crippen LogP contribution is -2.24. The van der Waals surface area contributed by atoms with E-state index in [1.165, 1.54) is 6.92 Å². The Bertz CT molecular complexity index is 422. The number of carbonyl (C=O) groups excluding carboxylic acids is 2. The lowest BCUT2D eigenvalue weighted by molar-refractivity contribution is -0.148. The zero-order valence-corrected chi connectivity index (χ0v) is 16.2. The molecule has 0 aromatic rings. The molecule has 2 aliphatic carbocycles. The standard InChI is InChI=1S/C20H34O6/c1-15(21)26-19-9-5-17(6-10-19)12-14-25-20(22)24-13-11-16-3-7-18(23-2)8-4-16/h16-19H,3-14H2,1-2H3. The third kappa shape index (κ3) is 7.94. The smallest absolute Gasteiger partial charge is 0.463 e. The summed E-state index contributed by atoms with van der Waals surface area (Å²) in [5.74, 6) is 0.957. The highest BCUT2D eigenvalue weighted by atomic mass is 16.7. The third-order valence-electron chi connectivity index (χ3n) is 5.75. The molecule has 0 amide bonds. The van der Waals surface area contributed by atoms with Crippen LogP contribution in [0.4, 0.5) is 4.79 Å². The zero-order chi connectivity index (χ0) is 18.8. The molecule has 0 unspecified atom stereocenters. The van der Waals surface area contributed by atoms with Gasteiger partial charge in [0.2, 0.25) is 0 Å². The third-order valence-corrected chi connectivity index (χ3v) is 5.75. The van der Waals surface area contributed by atoms with Gasteiger partial charge in [0, 0.05) is 14.0 Å². The highest BCUT2D eigenvalue weighted by Crippen LogP contribution is 2.29. The number of hydrogen-bond acceptors (Lipinski definition) is 6. The molecular weight excluding hydrogens is 336 g/mol. The number of rotatable bonds is 8. The molecule has 0 radical (unpaired) electrons. The van der Waals surface area contributed by atoms with Gasteiger partial charge in [-0.05, 0) is 76.0 Å². The highest BCUT2D eigenvalue weighted by molar-refractivity contribution is 5.66. The normalized spacial score (nSPS) is 29.0. The van der Waals surface area contributed by atoms with Gasteiger partial charge in [0.05, 0.1) is 19.3 Å². The molecule has 0 aromatic carbocycles. The number of carbonyl (C=O) groups is 2. The van der Waals surface area contributed by atoms with Crippen LogP contribution in [0.5, 0.6) is 0 Å². The van der Waals surface area contributed by atoms with Crippen LogP contribution in [0.3, 0.4) is 0 Å². The van der Waals surface area contributed by atoms with Gasteiger partial charge in [0.25, 0.3) is 0 Å². The molecule has 6 nitrogen and oxygen atoms in total. The second kappa shape index (κ2) is 11.4. The monoisotopic (exact) mass is 370 g/mol. The van der Waals surface area contributed by atoms with E-state index in [2.05, 4.69) is 0 Å². The first-order valence-electron chi connectivity index (χ1n) is 10.1. The second-order valence-corrected chi connectivity index (χ2v) is 7.65. The van der Waals surface area contributed by atoms with E-state index in [0.717, 1.165) is 64.2 Å². The van der Waals surface area contributed by atoms with Crippen LogP contribution in [0.1, 0.15) is 71.1 Å². The molecule has 0 spiro atoms. The molecule has 2 fully saturated rings. The van der Waals surface area contributed by atoms with Crippen LogP contribution in [0, 0.1) is 11.8 Å². The maximum absolute atomic E-state index is 11.7. The van der Waals surface area contributed by atoms with Gasteiger partial charge in [0.1, 0.15) is 6.10 Å². The molecular formula is C20H34O6. The Morgan fingerprint density at radius 1 is 0.769 bits per heavy atom. The Morgan fingerprint density at radius 3 is 1.65 bits per heavy atom. The van der Waals surface area contributed by atoms with E-state index in [1.807, 2.05) is 0 Å². The quantitative estimate of drug-likeness (QED) is 0.595. The first-order valence-corrected chi connectivity index (χ1v) is 10.1. The van der Waals surface area contributed by atoms with Gasteiger partial charge in [0.15, 0.2) is 0 Å². The SMILES string of the molecule is COC1CCC(CCOC(=O)OCCC2CCC(OC(C)=O)CC2)CC1. The summed E-state index contributed by atoms with van der Waals surface area (Å²) >= 11 is 0. The van der Waals surface area contributed by atoms with Gasteiger partial charge in [-0.3, -0.25) is 4.79 Å². The summed E-state index contributed by atoms with van der Waals surface area (Å²) in [7, 11) is 1.77. The van der Waals surface area contributed by atoms with Gasteiger partial charge in [-0.15, -0.1) is 0 Å². The molecule has 150 valence electrons. The number of ether oxygens (including phenoxy) is 4. The summed E-state index contributed by atoms with van der Waals surface area (Å²) in [5, 5.41) is 0. The Balaban J connectivity index is 1.46. The Morgan fingerprint density at radius 2 is 1.23 bits per heavy atom. The molecule has 0 N–H and O–H groups in total. The second-order valence-electron chi connectivity index (χ2n) is 7.65. The van der Waals surface area contributed by atoms with Gasteiger partial charge < -0.3 is 18.9 Å². The molecule has 2 aliphatic rings. The number of methoxy groups -OCH3 is 1. The van der Waals surface area contributed by atoms with Gasteiger partial charge in [-0.1, -0.05) is 0 Å². The van der Waals surface area contributed by atoms with Crippen LogP contribution in [-0.4, -0.2) is 44.7 Å². The lowest BCUT2D eigenvalue weighted by Gasteiger charge is -2.28. The molecule has 0 aromatic heterocycles. The van der Waals surface area contributed by atoms with E-state index < -0.39 is 6.16 Å². The Labute approximate surface area is 156 Å². The molecule has 2 rings (SSSR count). The predicted octanol–water partition coefficient (Wildman–Crippen LogP) is 4.25. The van der Waals surface area contributed by atoms with Crippen molar-refractivity contribution in [1.82, 2.24) is 0 Å². The summed E-state index contributed by atoms with van der Waals surface area (Å²) in [5.41, 5.74) is 0. The average molecular weight is 370 g/mol. The molecule has 2 saturated carbocycles. The number of hydrogen-bond donors (Lipinski definition) is 0. The van der Waals surface area contributed by atoms with Crippen molar-refractivity contribution in [2.75, 3.05) is 20.3 Å². The van der Waals surface area contributed by atoms with Gasteiger partial charge in [-0.2, -0.15) is 0 Å². The van der Waals surface area contributed by atoms with E-state index in [-0.39, 0.29) is 12.1 Å². The largest absolute Gasteiger partial charge is 0.508 e. The predicted molar refractivity (Wildman–Crippen MR) is 96.8 cm³/mol. The van der Waals surface area contributed by atoms with Crippen LogP contribution in [0.15, 0.2) is 0 Å². The van der Waals surface area contributed by atoms with Gasteiger partial charge >= 0.3 is 12.1 Å². The molecule has 0 atom stereocenters. The minimum Gasteiger partial charge on any atom is -0.463 e. The van der Waals surface area contributed by atoms with Crippen molar-refractivity contribution in [1.29, 1.82) is 0 Å². The molecule has 0 saturated heterocycles. The zero-order valence-electron chi connectivity index (χ0n) is 16.2. The lowest BCUT2D eigenvalue weighted by atomic mass is 9.85. The van der Waals surface area contributed by atoms with Crippen molar-refractivity contribution < 1.29 is 28.5 Å². The maximum Gasteiger partial charge on any atom is 0.508 e. The van der Waals surface area contributed by atoms with Crippen LogP contribution in [0.25, 0.3) is 0 Å². The summed E-state index contributed by atoms with van der Waals surface area (Å²) < 4.78 is 21.0. The maximum atomic E-state index is 11.7. The summed E-state index contributed by atoms with van der Waals surface area (Å²) in [6.07, 6.45) is 10.0. The van der Waals surface area contributed by atoms with Crippen LogP contribution in [0.2, 0.25) is 0 Å². The van der Waals surface area contributed by atoms with E-state index in [1.54, 1.807) is 7.11 Å². The fourth-order valence-electron chi connectivity index (χ4n) is 4.09. The van der Waals surface area contributed by atoms with Crippen molar-refractivity contribution in [3.63, 3.8) is 0 Å². The topological polar surface area (TPSA) is 71.1 Å². The van der Waals surface area contributed by atoms with E-state index >= 15 is 0 Å². The van der Waals surface area contributed by atoms with Crippen molar-refractivity contribution in [2.45, 2.75) is 83.3 Å². The van der Waals surface area contributed by atoms with Crippen molar-refractivity contribution >= 4 is 12.1 Å². The first kappa shape index (κ1) is 21.0. The van der Waals surface area contributed by atoms with E-state index in [4.69, 9.17) is 18.9 Å². The van der Waals surface area contributed by atoms with E-state index in [9.17, 15) is 9.59 Å². The van der Waals surface area contributed by atoms with Crippen molar-refractivity contribution in [3.8, 4) is 0 Å². The number of esters is 1. The van der Waals surface area contributed by atoms with Crippen LogP contribution < -0.4 is 0 Å². The minimum absolute atomic E-state index is 0.0635. The summed E-state index contributed by atoms with van der Waals surface area (Å²) in [6.45, 7) is 2.30. The van der Waals surface area contributed by atoms with Gasteiger partial charge in [-0.25, -0.2) is 4.79 Å². The highest BCUT2D eigenvalue weighted by Gasteiger charge is 2.23. The molecule has 0 bridgehead atoms. The summed E-state index contributed by atoms with van der Waals surface area (Å²) in [4.78, 5) is 22.6. The Kier molecular flexibility index (Phi) is 9.23. The average Bonchev–Trinajstić information content (AvgIpc) is 2.63. The fourth-order valence-corrected chi connectivity index (χ4v) is 4.09. The minimum atomic E-state index is -0.552. The van der Waals surface area contributed by atoms with Crippen LogP contribution in [-0.2, 0) is 23.7 Å². The van der Waals surface area contributed by atoms with E-state index in [0.29, 0.717) is 31.2 Å². The van der Waals surface area contributed by atoms with Crippen molar-refractivity contribution in [3.05, 3.63) is 0 Å². The molecule has 6 heteroatoms. The fraction of sp³-hybridized carbons (Fsp3) is 0.900. The molecule has 0 aliphatic heterocycles. The first-order chi connectivity index (χ1) is 12.6. The molecule has 26 heavy (non-hydrogen) atoms. The summed E-state index contributed by atoms with van der Waals surface area (Å²) in [6, 6.07) is 0. The van der Waals surface area contributed by atoms with Crippen molar-refractivity contribution in [2.24, 2.45) is 11.8 Å². The Hall–Kier alpha value is -1.30.